The van der Waals surface area contributed by atoms with Gasteiger partial charge in [0.25, 0.3) is 5.91 Å². The number of ether oxygens (including phenoxy) is 3. The van der Waals surface area contributed by atoms with Crippen molar-refractivity contribution in [2.45, 2.75) is 40.2 Å². The van der Waals surface area contributed by atoms with Crippen LogP contribution in [0.3, 0.4) is 0 Å². The molecule has 0 radical (unpaired) electrons. The highest BCUT2D eigenvalue weighted by atomic mass is 35.5. The molecule has 1 amide bonds. The fourth-order valence-electron chi connectivity index (χ4n) is 2.68. The van der Waals surface area contributed by atoms with Crippen molar-refractivity contribution in [2.75, 3.05) is 18.5 Å². The molecule has 1 unspecified atom stereocenters. The minimum atomic E-state index is -1.15. The van der Waals surface area contributed by atoms with Crippen molar-refractivity contribution >= 4 is 51.8 Å². The monoisotopic (exact) mass is 482 g/mol. The van der Waals surface area contributed by atoms with Crippen molar-refractivity contribution in [3.05, 3.63) is 45.1 Å². The van der Waals surface area contributed by atoms with E-state index in [0.29, 0.717) is 5.56 Å². The van der Waals surface area contributed by atoms with E-state index in [1.54, 1.807) is 27.7 Å². The van der Waals surface area contributed by atoms with Crippen molar-refractivity contribution in [1.29, 1.82) is 0 Å². The van der Waals surface area contributed by atoms with E-state index in [-0.39, 0.29) is 45.8 Å². The lowest BCUT2D eigenvalue weighted by Gasteiger charge is -2.16. The van der Waals surface area contributed by atoms with Gasteiger partial charge in [0.15, 0.2) is 6.10 Å². The number of rotatable bonds is 9. The van der Waals surface area contributed by atoms with Crippen molar-refractivity contribution in [1.82, 2.24) is 4.98 Å². The fourth-order valence-corrected chi connectivity index (χ4v) is 3.95. The summed E-state index contributed by atoms with van der Waals surface area (Å²) in [6, 6.07) is 2.73. The molecule has 0 fully saturated rings. The molecule has 0 aliphatic carbocycles. The average Bonchev–Trinajstić information content (AvgIpc) is 3.07. The highest BCUT2D eigenvalue weighted by Crippen LogP contribution is 2.34. The summed E-state index contributed by atoms with van der Waals surface area (Å²) in [6.07, 6.45) is 0.356. The third-order valence-electron chi connectivity index (χ3n) is 4.20. The minimum absolute atomic E-state index is 0.0512. The summed E-state index contributed by atoms with van der Waals surface area (Å²) in [6.45, 7) is 6.79. The number of aromatic nitrogens is 1. The molecule has 2 heterocycles. The molecule has 9 nitrogen and oxygen atoms in total. The van der Waals surface area contributed by atoms with Crippen LogP contribution in [0.1, 0.15) is 63.1 Å². The second-order valence-electron chi connectivity index (χ2n) is 6.36. The number of nitrogens with zero attached hydrogens (tertiary/aromatic N) is 1. The van der Waals surface area contributed by atoms with Crippen molar-refractivity contribution in [2.24, 2.45) is 0 Å². The molecular weight excluding hydrogens is 460 g/mol. The highest BCUT2D eigenvalue weighted by molar-refractivity contribution is 7.18. The first kappa shape index (κ1) is 25.3. The van der Waals surface area contributed by atoms with Gasteiger partial charge in [-0.15, -0.1) is 11.3 Å². The number of pyridine rings is 1. The predicted molar refractivity (Wildman–Crippen MR) is 118 cm³/mol. The third kappa shape index (κ3) is 6.04. The van der Waals surface area contributed by atoms with Crippen LogP contribution in [0, 0.1) is 6.92 Å². The fraction of sp³-hybridized carbons (Fsp3) is 0.381. The largest absolute Gasteiger partial charge is 0.462 e. The maximum Gasteiger partial charge on any atom is 0.348 e. The number of carbonyl (C=O) groups is 4. The van der Waals surface area contributed by atoms with E-state index in [4.69, 9.17) is 25.8 Å². The Bertz CT molecular complexity index is 1020. The van der Waals surface area contributed by atoms with Crippen LogP contribution in [-0.4, -0.2) is 48.1 Å². The zero-order chi connectivity index (χ0) is 23.8. The first-order valence-electron chi connectivity index (χ1n) is 9.84. The van der Waals surface area contributed by atoms with E-state index < -0.39 is 29.9 Å². The van der Waals surface area contributed by atoms with Gasteiger partial charge >= 0.3 is 17.9 Å². The lowest BCUT2D eigenvalue weighted by molar-refractivity contribution is -0.124. The van der Waals surface area contributed by atoms with Crippen LogP contribution in [0.5, 0.6) is 0 Å². The number of thiophene rings is 1. The molecule has 0 aliphatic heterocycles. The number of carbonyl (C=O) groups excluding carboxylic acids is 4. The molecule has 32 heavy (non-hydrogen) atoms. The number of hydrogen-bond donors (Lipinski definition) is 1. The second-order valence-corrected chi connectivity index (χ2v) is 7.77. The summed E-state index contributed by atoms with van der Waals surface area (Å²) in [5.41, 5.74) is 0.522. The van der Waals surface area contributed by atoms with E-state index in [0.717, 1.165) is 11.3 Å². The van der Waals surface area contributed by atoms with Crippen LogP contribution in [-0.2, 0) is 19.0 Å². The molecule has 172 valence electrons. The van der Waals surface area contributed by atoms with Gasteiger partial charge in [0, 0.05) is 6.20 Å². The lowest BCUT2D eigenvalue weighted by Crippen LogP contribution is -2.32. The Morgan fingerprint density at radius 1 is 1.09 bits per heavy atom. The molecule has 2 aromatic rings. The molecule has 0 saturated carbocycles. The molecule has 2 rings (SSSR count). The van der Waals surface area contributed by atoms with Gasteiger partial charge in [0.1, 0.15) is 15.0 Å². The molecule has 2 aromatic heterocycles. The summed E-state index contributed by atoms with van der Waals surface area (Å²) in [7, 11) is 0. The summed E-state index contributed by atoms with van der Waals surface area (Å²) in [5.74, 6) is -2.72. The number of hydrogen-bond acceptors (Lipinski definition) is 9. The number of anilines is 1. The molecule has 1 atom stereocenters. The van der Waals surface area contributed by atoms with E-state index in [1.807, 2.05) is 0 Å². The predicted octanol–water partition coefficient (Wildman–Crippen LogP) is 4.03. The van der Waals surface area contributed by atoms with Gasteiger partial charge in [-0.05, 0) is 44.9 Å². The van der Waals surface area contributed by atoms with E-state index in [2.05, 4.69) is 10.3 Å². The summed E-state index contributed by atoms with van der Waals surface area (Å²) in [5, 5.41) is 2.80. The van der Waals surface area contributed by atoms with Crippen molar-refractivity contribution < 1.29 is 33.4 Å². The smallest absolute Gasteiger partial charge is 0.348 e. The Kier molecular flexibility index (Phi) is 9.15. The highest BCUT2D eigenvalue weighted by Gasteiger charge is 2.30. The topological polar surface area (TPSA) is 121 Å². The standard InChI is InChI=1S/C21H23ClN2O7S/c1-5-13(31-19(26)12-8-9-23-14(22)10-12)17(25)24-18-15(20(27)29-6-2)11(4)16(32-18)21(28)30-7-3/h8-10,13H,5-7H2,1-4H3,(H,24,25). The number of halogens is 1. The van der Waals surface area contributed by atoms with Gasteiger partial charge in [0.2, 0.25) is 0 Å². The van der Waals surface area contributed by atoms with Crippen LogP contribution in [0.2, 0.25) is 5.15 Å². The van der Waals surface area contributed by atoms with Gasteiger partial charge in [0.05, 0.1) is 24.3 Å². The zero-order valence-corrected chi connectivity index (χ0v) is 19.6. The first-order chi connectivity index (χ1) is 15.2. The number of amides is 1. The molecule has 1 N–H and O–H groups in total. The van der Waals surface area contributed by atoms with Crippen LogP contribution in [0.15, 0.2) is 18.3 Å². The summed E-state index contributed by atoms with van der Waals surface area (Å²) >= 11 is 6.68. The minimum Gasteiger partial charge on any atom is -0.462 e. The van der Waals surface area contributed by atoms with Gasteiger partial charge < -0.3 is 19.5 Å². The molecule has 0 saturated heterocycles. The summed E-state index contributed by atoms with van der Waals surface area (Å²) < 4.78 is 15.4. The number of nitrogens with one attached hydrogen (secondary N) is 1. The molecule has 0 aliphatic rings. The molecule has 0 bridgehead atoms. The van der Waals surface area contributed by atoms with Crippen molar-refractivity contribution in [3.8, 4) is 0 Å². The SMILES string of the molecule is CCOC(=O)c1sc(NC(=O)C(CC)OC(=O)c2ccnc(Cl)c2)c(C(=O)OCC)c1C. The zero-order valence-electron chi connectivity index (χ0n) is 18.0. The summed E-state index contributed by atoms with van der Waals surface area (Å²) in [4.78, 5) is 53.9. The van der Waals surface area contributed by atoms with Crippen LogP contribution in [0.4, 0.5) is 5.00 Å². The average molecular weight is 483 g/mol. The van der Waals surface area contributed by atoms with E-state index in [1.165, 1.54) is 18.3 Å². The van der Waals surface area contributed by atoms with Gasteiger partial charge in [-0.2, -0.15) is 0 Å². The quantitative estimate of drug-likeness (QED) is 0.323. The second kappa shape index (κ2) is 11.6. The molecule has 0 spiro atoms. The Balaban J connectivity index is 2.29. The van der Waals surface area contributed by atoms with Crippen LogP contribution in [0.25, 0.3) is 0 Å². The van der Waals surface area contributed by atoms with Gasteiger partial charge in [-0.3, -0.25) is 4.79 Å². The molecule has 0 aromatic carbocycles. The lowest BCUT2D eigenvalue weighted by atomic mass is 10.1. The Morgan fingerprint density at radius 3 is 2.34 bits per heavy atom. The van der Waals surface area contributed by atoms with E-state index in [9.17, 15) is 19.2 Å². The Hall–Kier alpha value is -2.98. The number of esters is 3. The van der Waals surface area contributed by atoms with Crippen molar-refractivity contribution in [3.63, 3.8) is 0 Å². The van der Waals surface area contributed by atoms with E-state index >= 15 is 0 Å². The van der Waals surface area contributed by atoms with Gasteiger partial charge in [-0.1, -0.05) is 18.5 Å². The maximum atomic E-state index is 12.8. The Labute approximate surface area is 194 Å². The van der Waals surface area contributed by atoms with Crippen LogP contribution >= 0.6 is 22.9 Å². The first-order valence-corrected chi connectivity index (χ1v) is 11.0. The Morgan fingerprint density at radius 2 is 1.75 bits per heavy atom. The van der Waals surface area contributed by atoms with Crippen LogP contribution < -0.4 is 5.32 Å². The molecular formula is C21H23ClN2O7S. The maximum absolute atomic E-state index is 12.8. The van der Waals surface area contributed by atoms with Gasteiger partial charge in [-0.25, -0.2) is 19.4 Å². The normalized spacial score (nSPS) is 11.4. The third-order valence-corrected chi connectivity index (χ3v) is 5.59. The molecule has 11 heteroatoms.